The number of likely N-dealkylation sites (tertiary alicyclic amines) is 1. The number of piperidine rings is 1. The minimum Gasteiger partial charge on any atom is -0.497 e. The highest BCUT2D eigenvalue weighted by Crippen LogP contribution is 2.42. The normalized spacial score (nSPS) is 14.8. The Morgan fingerprint density at radius 3 is 2.11 bits per heavy atom. The smallest absolute Gasteiger partial charge is 0.343 e. The van der Waals surface area contributed by atoms with Crippen molar-refractivity contribution in [1.82, 2.24) is 14.9 Å². The molecule has 1 aliphatic rings. The van der Waals surface area contributed by atoms with Crippen LogP contribution in [0, 0.1) is 0 Å². The van der Waals surface area contributed by atoms with E-state index in [1.54, 1.807) is 7.11 Å². The molecule has 0 radical (unpaired) electrons. The van der Waals surface area contributed by atoms with Crippen LogP contribution in [0.15, 0.2) is 52.9 Å². The average Bonchev–Trinajstić information content (AvgIpc) is 3.38. The van der Waals surface area contributed by atoms with Crippen molar-refractivity contribution in [3.05, 3.63) is 54.4 Å². The molecule has 38 heavy (non-hydrogen) atoms. The lowest BCUT2D eigenvalue weighted by atomic mass is 9.78. The number of nitrogens with zero attached hydrogens (tertiary/aromatic N) is 3. The number of amides is 2. The molecule has 1 N–H and O–H groups in total. The Morgan fingerprint density at radius 1 is 1.00 bits per heavy atom. The Balaban J connectivity index is 1.79. The first kappa shape index (κ1) is 27.0. The molecule has 0 bridgehead atoms. The van der Waals surface area contributed by atoms with Gasteiger partial charge in [-0.25, -0.2) is 14.8 Å². The van der Waals surface area contributed by atoms with E-state index in [1.807, 2.05) is 62.4 Å². The molecular formula is C28H33N3O7. The topological polar surface area (TPSA) is 115 Å². The van der Waals surface area contributed by atoms with Crippen molar-refractivity contribution >= 4 is 12.0 Å². The van der Waals surface area contributed by atoms with Gasteiger partial charge in [-0.15, -0.1) is 0 Å². The number of benzene rings is 2. The zero-order valence-corrected chi connectivity index (χ0v) is 22.3. The maximum atomic E-state index is 13.2. The van der Waals surface area contributed by atoms with Crippen molar-refractivity contribution in [2.24, 2.45) is 0 Å². The number of esters is 1. The van der Waals surface area contributed by atoms with E-state index in [0.29, 0.717) is 22.3 Å². The highest BCUT2D eigenvalue weighted by molar-refractivity contribution is 5.84. The van der Waals surface area contributed by atoms with E-state index in [2.05, 4.69) is 0 Å². The van der Waals surface area contributed by atoms with Gasteiger partial charge in [0.1, 0.15) is 22.6 Å². The van der Waals surface area contributed by atoms with Gasteiger partial charge in [0.15, 0.2) is 5.76 Å². The highest BCUT2D eigenvalue weighted by Gasteiger charge is 2.49. The lowest BCUT2D eigenvalue weighted by Crippen LogP contribution is -2.51. The van der Waals surface area contributed by atoms with Crippen LogP contribution in [-0.4, -0.2) is 72.6 Å². The van der Waals surface area contributed by atoms with E-state index in [-0.39, 0.29) is 37.9 Å². The van der Waals surface area contributed by atoms with Crippen LogP contribution < -0.4 is 9.47 Å². The molecule has 2 aromatic carbocycles. The van der Waals surface area contributed by atoms with Gasteiger partial charge in [0.25, 0.3) is 0 Å². The van der Waals surface area contributed by atoms with Crippen molar-refractivity contribution in [3.8, 4) is 34.1 Å². The Kier molecular flexibility index (Phi) is 7.91. The number of ether oxygens (including phenoxy) is 3. The van der Waals surface area contributed by atoms with Crippen LogP contribution in [0.4, 0.5) is 4.79 Å². The van der Waals surface area contributed by atoms with E-state index in [9.17, 15) is 14.8 Å². The van der Waals surface area contributed by atoms with E-state index in [4.69, 9.17) is 23.6 Å². The minimum absolute atomic E-state index is 0.0378. The van der Waals surface area contributed by atoms with Crippen molar-refractivity contribution in [1.29, 1.82) is 0 Å². The molecule has 2 heterocycles. The molecule has 0 aliphatic carbocycles. The number of methoxy groups -OCH3 is 2. The molecule has 3 aromatic rings. The second kappa shape index (κ2) is 11.1. The lowest BCUT2D eigenvalue weighted by Gasteiger charge is -2.38. The summed E-state index contributed by atoms with van der Waals surface area (Å²) < 4.78 is 22.7. The van der Waals surface area contributed by atoms with Crippen LogP contribution in [0.25, 0.3) is 22.6 Å². The number of hydrogen-bond acceptors (Lipinski definition) is 8. The number of oxazole rings is 1. The van der Waals surface area contributed by atoms with E-state index in [0.717, 1.165) is 16.9 Å². The number of rotatable bonds is 7. The summed E-state index contributed by atoms with van der Waals surface area (Å²) in [4.78, 5) is 31.8. The maximum Gasteiger partial charge on any atom is 0.343 e. The van der Waals surface area contributed by atoms with Gasteiger partial charge in [-0.2, -0.15) is 0 Å². The summed E-state index contributed by atoms with van der Waals surface area (Å²) in [5.74, 6) is 1.66. The van der Waals surface area contributed by atoms with Crippen LogP contribution in [0.1, 0.15) is 32.6 Å². The number of hydroxylamine groups is 2. The van der Waals surface area contributed by atoms with Gasteiger partial charge < -0.3 is 23.5 Å². The molecule has 4 rings (SSSR count). The maximum absolute atomic E-state index is 13.2. The predicted octanol–water partition coefficient (Wildman–Crippen LogP) is 4.75. The molecular weight excluding hydrogens is 490 g/mol. The predicted molar refractivity (Wildman–Crippen MR) is 139 cm³/mol. The van der Waals surface area contributed by atoms with Gasteiger partial charge in [0, 0.05) is 31.3 Å². The molecule has 10 heteroatoms. The summed E-state index contributed by atoms with van der Waals surface area (Å²) in [5.41, 5.74) is 0.921. The van der Waals surface area contributed by atoms with Crippen molar-refractivity contribution < 1.29 is 33.4 Å². The molecule has 1 fully saturated rings. The first-order valence-corrected chi connectivity index (χ1v) is 12.4. The van der Waals surface area contributed by atoms with Gasteiger partial charge in [0.2, 0.25) is 5.89 Å². The van der Waals surface area contributed by atoms with Gasteiger partial charge in [-0.05, 0) is 75.2 Å². The lowest BCUT2D eigenvalue weighted by molar-refractivity contribution is -0.150. The number of carbonyl (C=O) groups excluding carboxylic acids is 2. The zero-order valence-electron chi connectivity index (χ0n) is 22.3. The third-order valence-corrected chi connectivity index (χ3v) is 6.63. The molecule has 1 saturated heterocycles. The summed E-state index contributed by atoms with van der Waals surface area (Å²) in [6, 6.07) is 14.4. The fourth-order valence-electron chi connectivity index (χ4n) is 4.61. The van der Waals surface area contributed by atoms with Gasteiger partial charge in [-0.3, -0.25) is 10.0 Å². The van der Waals surface area contributed by atoms with Gasteiger partial charge in [0.05, 0.1) is 20.3 Å². The number of carbonyl (C=O) groups is 2. The third kappa shape index (κ3) is 5.31. The SMILES string of the molecule is COC(=O)C1(c2nc(-c3ccc(OC)cc3)c(-c3ccc(OC(C)C)cc3)o2)CCN(C(=O)N(C)O)CC1. The zero-order chi connectivity index (χ0) is 27.4. The third-order valence-electron chi connectivity index (χ3n) is 6.63. The largest absolute Gasteiger partial charge is 0.497 e. The van der Waals surface area contributed by atoms with Crippen LogP contribution in [0.2, 0.25) is 0 Å². The number of urea groups is 1. The number of hydrogen-bond donors (Lipinski definition) is 1. The fraction of sp³-hybridized carbons (Fsp3) is 0.393. The molecule has 0 saturated carbocycles. The van der Waals surface area contributed by atoms with Crippen LogP contribution in [0.5, 0.6) is 11.5 Å². The van der Waals surface area contributed by atoms with Crippen LogP contribution in [-0.2, 0) is 14.9 Å². The summed E-state index contributed by atoms with van der Waals surface area (Å²) in [6.07, 6.45) is 0.487. The molecule has 0 unspecified atom stereocenters. The molecule has 1 aliphatic heterocycles. The summed E-state index contributed by atoms with van der Waals surface area (Å²) in [7, 11) is 4.19. The molecule has 1 aromatic heterocycles. The average molecular weight is 524 g/mol. The standard InChI is InChI=1S/C28H33N3O7/c1-18(2)37-22-12-8-20(9-13-22)24-23(19-6-10-21(35-4)11-7-19)29-25(38-24)28(26(32)36-5)14-16-31(17-15-28)27(33)30(3)34/h6-13,18,34H,14-17H2,1-5H3. The highest BCUT2D eigenvalue weighted by atomic mass is 16.5. The molecule has 0 spiro atoms. The Labute approximate surface area is 221 Å². The molecule has 10 nitrogen and oxygen atoms in total. The second-order valence-electron chi connectivity index (χ2n) is 9.48. The Hall–Kier alpha value is -4.05. The summed E-state index contributed by atoms with van der Waals surface area (Å²) in [6.45, 7) is 4.36. The first-order chi connectivity index (χ1) is 18.2. The number of aromatic nitrogens is 1. The van der Waals surface area contributed by atoms with Crippen molar-refractivity contribution in [3.63, 3.8) is 0 Å². The Bertz CT molecular complexity index is 1260. The molecule has 0 atom stereocenters. The summed E-state index contributed by atoms with van der Waals surface area (Å²) in [5, 5.41) is 10.1. The quantitative estimate of drug-likeness (QED) is 0.268. The van der Waals surface area contributed by atoms with Crippen molar-refractivity contribution in [2.75, 3.05) is 34.4 Å². The van der Waals surface area contributed by atoms with Crippen LogP contribution >= 0.6 is 0 Å². The monoisotopic (exact) mass is 523 g/mol. The Morgan fingerprint density at radius 2 is 1.58 bits per heavy atom. The fourth-order valence-corrected chi connectivity index (χ4v) is 4.61. The van der Waals surface area contributed by atoms with Gasteiger partial charge in [-0.1, -0.05) is 0 Å². The van der Waals surface area contributed by atoms with E-state index >= 15 is 0 Å². The summed E-state index contributed by atoms with van der Waals surface area (Å²) >= 11 is 0. The molecule has 202 valence electrons. The van der Waals surface area contributed by atoms with Crippen LogP contribution in [0.3, 0.4) is 0 Å². The second-order valence-corrected chi connectivity index (χ2v) is 9.48. The molecule has 2 amide bonds. The van der Waals surface area contributed by atoms with E-state index < -0.39 is 17.4 Å². The first-order valence-electron chi connectivity index (χ1n) is 12.4. The van der Waals surface area contributed by atoms with E-state index in [1.165, 1.54) is 19.1 Å². The minimum atomic E-state index is -1.19. The van der Waals surface area contributed by atoms with Crippen molar-refractivity contribution in [2.45, 2.75) is 38.2 Å². The van der Waals surface area contributed by atoms with Gasteiger partial charge >= 0.3 is 12.0 Å².